The van der Waals surface area contributed by atoms with E-state index in [9.17, 15) is 14.0 Å². The minimum Gasteiger partial charge on any atom is -0.478 e. The Morgan fingerprint density at radius 3 is 2.15 bits per heavy atom. The van der Waals surface area contributed by atoms with Gasteiger partial charge in [0.1, 0.15) is 5.82 Å². The maximum Gasteiger partial charge on any atom is 0.335 e. The number of guanidine groups is 1. The fourth-order valence-corrected chi connectivity index (χ4v) is 4.18. The van der Waals surface area contributed by atoms with E-state index in [0.717, 1.165) is 50.3 Å². The van der Waals surface area contributed by atoms with Crippen molar-refractivity contribution >= 4 is 23.5 Å². The summed E-state index contributed by atoms with van der Waals surface area (Å²) < 4.78 is 13.2. The van der Waals surface area contributed by atoms with Crippen LogP contribution in [0, 0.1) is 5.82 Å². The van der Waals surface area contributed by atoms with E-state index in [0.29, 0.717) is 32.1 Å². The summed E-state index contributed by atoms with van der Waals surface area (Å²) in [4.78, 5) is 34.6. The van der Waals surface area contributed by atoms with Gasteiger partial charge in [-0.05, 0) is 54.8 Å². The number of carbonyl (C=O) groups excluding carboxylic acids is 1. The molecule has 0 spiro atoms. The highest BCUT2D eigenvalue weighted by Gasteiger charge is 2.24. The molecule has 2 aliphatic rings. The minimum atomic E-state index is -0.976. The Balaban J connectivity index is 1.41. The van der Waals surface area contributed by atoms with E-state index in [4.69, 9.17) is 10.1 Å². The van der Waals surface area contributed by atoms with Crippen molar-refractivity contribution in [2.45, 2.75) is 19.4 Å². The lowest BCUT2D eigenvalue weighted by atomic mass is 10.2. The smallest absolute Gasteiger partial charge is 0.335 e. The van der Waals surface area contributed by atoms with Crippen molar-refractivity contribution in [1.29, 1.82) is 0 Å². The number of benzene rings is 2. The van der Waals surface area contributed by atoms with Crippen LogP contribution in [0.5, 0.6) is 0 Å². The topological polar surface area (TPSA) is 88.5 Å². The average molecular weight is 468 g/mol. The Morgan fingerprint density at radius 1 is 0.882 bits per heavy atom. The third-order valence-electron chi connectivity index (χ3n) is 6.20. The van der Waals surface area contributed by atoms with Crippen LogP contribution in [0.25, 0.3) is 0 Å². The zero-order chi connectivity index (χ0) is 23.9. The number of likely N-dealkylation sites (tertiary alicyclic amines) is 1. The van der Waals surface area contributed by atoms with Crippen LogP contribution in [-0.2, 0) is 11.3 Å². The zero-order valence-electron chi connectivity index (χ0n) is 19.1. The molecule has 8 nitrogen and oxygen atoms in total. The maximum absolute atomic E-state index is 13.2. The third kappa shape index (κ3) is 6.32. The van der Waals surface area contributed by atoms with E-state index in [-0.39, 0.29) is 17.3 Å². The van der Waals surface area contributed by atoms with Gasteiger partial charge in [0.05, 0.1) is 18.7 Å². The first kappa shape index (κ1) is 23.7. The van der Waals surface area contributed by atoms with Crippen molar-refractivity contribution in [1.82, 2.24) is 14.7 Å². The lowest BCUT2D eigenvalue weighted by molar-refractivity contribution is -0.131. The van der Waals surface area contributed by atoms with Crippen molar-refractivity contribution in [3.05, 3.63) is 65.5 Å². The molecule has 2 N–H and O–H groups in total. The largest absolute Gasteiger partial charge is 0.478 e. The standard InChI is InChI=1S/C25H30FN5O3/c26-21-7-3-19(4-8-21)17-27-25(28-22-9-5-20(6-10-22)24(33)34)31-15-13-29(14-16-31)18-23(32)30-11-1-2-12-30/h3-10H,1-2,11-18H2,(H,27,28)(H,33,34). The molecule has 1 amide bonds. The van der Waals surface area contributed by atoms with E-state index in [2.05, 4.69) is 15.1 Å². The number of aromatic carboxylic acids is 1. The normalized spacial score (nSPS) is 17.1. The molecule has 2 aliphatic heterocycles. The second-order valence-corrected chi connectivity index (χ2v) is 8.62. The van der Waals surface area contributed by atoms with Gasteiger partial charge >= 0.3 is 5.97 Å². The predicted molar refractivity (Wildman–Crippen MR) is 128 cm³/mol. The van der Waals surface area contributed by atoms with E-state index in [1.165, 1.54) is 12.1 Å². The van der Waals surface area contributed by atoms with Crippen molar-refractivity contribution in [3.63, 3.8) is 0 Å². The van der Waals surface area contributed by atoms with E-state index in [1.807, 2.05) is 4.90 Å². The summed E-state index contributed by atoms with van der Waals surface area (Å²) in [6.07, 6.45) is 2.18. The summed E-state index contributed by atoms with van der Waals surface area (Å²) in [5, 5.41) is 12.4. The van der Waals surface area contributed by atoms with Gasteiger partial charge in [0.15, 0.2) is 5.96 Å². The lowest BCUT2D eigenvalue weighted by Crippen LogP contribution is -2.52. The Morgan fingerprint density at radius 2 is 1.53 bits per heavy atom. The SMILES string of the molecule is O=C(O)c1ccc(NC(=NCc2ccc(F)cc2)N2CCN(CC(=O)N3CCCC3)CC2)cc1. The Hall–Kier alpha value is -3.46. The number of amides is 1. The monoisotopic (exact) mass is 467 g/mol. The first-order valence-electron chi connectivity index (χ1n) is 11.6. The molecule has 4 rings (SSSR count). The molecule has 0 radical (unpaired) electrons. The fourth-order valence-electron chi connectivity index (χ4n) is 4.18. The molecule has 0 saturated carbocycles. The van der Waals surface area contributed by atoms with Crippen LogP contribution >= 0.6 is 0 Å². The summed E-state index contributed by atoms with van der Waals surface area (Å²) in [7, 11) is 0. The molecule has 34 heavy (non-hydrogen) atoms. The quantitative estimate of drug-likeness (QED) is 0.502. The molecule has 9 heteroatoms. The molecule has 0 unspecified atom stereocenters. The molecule has 2 heterocycles. The predicted octanol–water partition coefficient (Wildman–Crippen LogP) is 2.73. The molecule has 2 fully saturated rings. The number of halogens is 1. The number of nitrogens with one attached hydrogen (secondary N) is 1. The highest BCUT2D eigenvalue weighted by Crippen LogP contribution is 2.14. The van der Waals surface area contributed by atoms with Gasteiger partial charge < -0.3 is 20.2 Å². The van der Waals surface area contributed by atoms with E-state index in [1.54, 1.807) is 36.4 Å². The van der Waals surface area contributed by atoms with E-state index >= 15 is 0 Å². The van der Waals surface area contributed by atoms with Gasteiger partial charge in [-0.3, -0.25) is 9.69 Å². The molecule has 2 saturated heterocycles. The number of carboxylic acids is 1. The van der Waals surface area contributed by atoms with Crippen LogP contribution < -0.4 is 5.32 Å². The van der Waals surface area contributed by atoms with Crippen molar-refractivity contribution in [3.8, 4) is 0 Å². The number of hydrogen-bond donors (Lipinski definition) is 2. The Bertz CT molecular complexity index is 1010. The number of rotatable bonds is 6. The third-order valence-corrected chi connectivity index (χ3v) is 6.20. The second kappa shape index (κ2) is 11.1. The van der Waals surface area contributed by atoms with Gasteiger partial charge in [-0.1, -0.05) is 12.1 Å². The second-order valence-electron chi connectivity index (χ2n) is 8.62. The molecular formula is C25H30FN5O3. The molecule has 180 valence electrons. The van der Waals surface area contributed by atoms with Crippen LogP contribution in [0.1, 0.15) is 28.8 Å². The molecule has 0 aromatic heterocycles. The number of aliphatic imine (C=N–C) groups is 1. The number of piperazine rings is 1. The minimum absolute atomic E-state index is 0.202. The summed E-state index contributed by atoms with van der Waals surface area (Å²) in [5.74, 6) is -0.397. The van der Waals surface area contributed by atoms with Gasteiger partial charge in [0, 0.05) is 45.0 Å². The van der Waals surface area contributed by atoms with Crippen molar-refractivity contribution in [2.75, 3.05) is 51.1 Å². The van der Waals surface area contributed by atoms with Gasteiger partial charge in [0.2, 0.25) is 5.91 Å². The van der Waals surface area contributed by atoms with Crippen molar-refractivity contribution in [2.24, 2.45) is 4.99 Å². The molecule has 0 bridgehead atoms. The lowest BCUT2D eigenvalue weighted by Gasteiger charge is -2.36. The van der Waals surface area contributed by atoms with Crippen LogP contribution in [0.2, 0.25) is 0 Å². The summed E-state index contributed by atoms with van der Waals surface area (Å²) in [5.41, 5.74) is 1.83. The maximum atomic E-state index is 13.2. The molecule has 2 aromatic carbocycles. The number of nitrogens with zero attached hydrogens (tertiary/aromatic N) is 4. The number of carbonyl (C=O) groups is 2. The van der Waals surface area contributed by atoms with Crippen molar-refractivity contribution < 1.29 is 19.1 Å². The fraction of sp³-hybridized carbons (Fsp3) is 0.400. The first-order chi connectivity index (χ1) is 16.5. The van der Waals surface area contributed by atoms with Gasteiger partial charge in [-0.15, -0.1) is 0 Å². The van der Waals surface area contributed by atoms with Crippen LogP contribution in [-0.4, -0.2) is 83.5 Å². The number of anilines is 1. The Kier molecular flexibility index (Phi) is 7.74. The summed E-state index contributed by atoms with van der Waals surface area (Å²) >= 11 is 0. The number of hydrogen-bond acceptors (Lipinski definition) is 4. The van der Waals surface area contributed by atoms with Crippen LogP contribution in [0.4, 0.5) is 10.1 Å². The van der Waals surface area contributed by atoms with Crippen LogP contribution in [0.3, 0.4) is 0 Å². The van der Waals surface area contributed by atoms with Crippen LogP contribution in [0.15, 0.2) is 53.5 Å². The van der Waals surface area contributed by atoms with E-state index < -0.39 is 5.97 Å². The summed E-state index contributed by atoms with van der Waals surface area (Å²) in [6, 6.07) is 12.8. The highest BCUT2D eigenvalue weighted by atomic mass is 19.1. The zero-order valence-corrected chi connectivity index (χ0v) is 19.1. The molecule has 0 aliphatic carbocycles. The molecular weight excluding hydrogens is 437 g/mol. The van der Waals surface area contributed by atoms with Gasteiger partial charge in [-0.2, -0.15) is 0 Å². The average Bonchev–Trinajstić information content (AvgIpc) is 3.39. The molecule has 0 atom stereocenters. The van der Waals surface area contributed by atoms with Gasteiger partial charge in [-0.25, -0.2) is 14.2 Å². The number of carboxylic acid groups (broad SMARTS) is 1. The summed E-state index contributed by atoms with van der Waals surface area (Å²) in [6.45, 7) is 5.45. The molecule has 2 aromatic rings. The first-order valence-corrected chi connectivity index (χ1v) is 11.6. The highest BCUT2D eigenvalue weighted by molar-refractivity contribution is 5.94. The Labute approximate surface area is 198 Å². The van der Waals surface area contributed by atoms with Gasteiger partial charge in [0.25, 0.3) is 0 Å².